The number of carbonyl (C=O) groups is 1. The number of para-hydroxylation sites is 1. The Morgan fingerprint density at radius 2 is 2.23 bits per heavy atom. The largest absolute Gasteiger partial charge is 0.380 e. The third-order valence-corrected chi connectivity index (χ3v) is 4.47. The van der Waals surface area contributed by atoms with Crippen molar-refractivity contribution in [3.05, 3.63) is 52.5 Å². The third kappa shape index (κ3) is 3.74. The van der Waals surface area contributed by atoms with Crippen LogP contribution in [0.1, 0.15) is 17.1 Å². The summed E-state index contributed by atoms with van der Waals surface area (Å²) in [5, 5.41) is 6.45. The van der Waals surface area contributed by atoms with Gasteiger partial charge in [-0.1, -0.05) is 18.2 Å². The van der Waals surface area contributed by atoms with E-state index >= 15 is 0 Å². The van der Waals surface area contributed by atoms with E-state index in [0.29, 0.717) is 6.04 Å². The van der Waals surface area contributed by atoms with Crippen molar-refractivity contribution >= 4 is 29.0 Å². The van der Waals surface area contributed by atoms with E-state index in [1.54, 1.807) is 23.5 Å². The maximum Gasteiger partial charge on any atom is 0.246 e. The van der Waals surface area contributed by atoms with Gasteiger partial charge in [0.1, 0.15) is 0 Å². The summed E-state index contributed by atoms with van der Waals surface area (Å²) < 4.78 is 0. The van der Waals surface area contributed by atoms with Gasteiger partial charge in [0.15, 0.2) is 0 Å². The first-order chi connectivity index (χ1) is 10.7. The molecule has 1 atom stereocenters. The number of amides is 1. The molecule has 5 heteroatoms. The Hall–Kier alpha value is -2.14. The molecule has 1 fully saturated rings. The first-order valence-corrected chi connectivity index (χ1v) is 8.29. The summed E-state index contributed by atoms with van der Waals surface area (Å²) in [4.78, 5) is 18.4. The molecule has 0 spiro atoms. The van der Waals surface area contributed by atoms with Crippen LogP contribution in [0.2, 0.25) is 0 Å². The molecule has 1 aliphatic rings. The second-order valence-corrected chi connectivity index (χ2v) is 6.47. The third-order valence-electron chi connectivity index (χ3n) is 3.68. The molecule has 1 aromatic carbocycles. The fourth-order valence-electron chi connectivity index (χ4n) is 2.57. The Bertz CT molecular complexity index is 666. The van der Waals surface area contributed by atoms with E-state index in [1.807, 2.05) is 35.4 Å². The van der Waals surface area contributed by atoms with Gasteiger partial charge in [-0.15, -0.1) is 11.3 Å². The summed E-state index contributed by atoms with van der Waals surface area (Å²) >= 11 is 1.59. The zero-order valence-electron chi connectivity index (χ0n) is 12.5. The molecule has 0 saturated carbocycles. The summed E-state index contributed by atoms with van der Waals surface area (Å²) in [5.74, 6) is 0.0583. The number of hydrogen-bond donors (Lipinski definition) is 1. The van der Waals surface area contributed by atoms with Crippen LogP contribution < -0.4 is 5.32 Å². The number of nitrogens with one attached hydrogen (secondary N) is 1. The lowest BCUT2D eigenvalue weighted by atomic mass is 10.2. The van der Waals surface area contributed by atoms with Gasteiger partial charge in [-0.05, 0) is 31.6 Å². The molecule has 1 amide bonds. The fourth-order valence-corrected chi connectivity index (χ4v) is 3.15. The second-order valence-electron chi connectivity index (χ2n) is 5.40. The molecule has 22 heavy (non-hydrogen) atoms. The quantitative estimate of drug-likeness (QED) is 0.882. The Morgan fingerprint density at radius 1 is 1.41 bits per heavy atom. The molecule has 1 saturated heterocycles. The minimum Gasteiger partial charge on any atom is -0.380 e. The van der Waals surface area contributed by atoms with Crippen LogP contribution in [-0.4, -0.2) is 34.9 Å². The van der Waals surface area contributed by atoms with Crippen molar-refractivity contribution in [3.63, 3.8) is 0 Å². The number of hydrogen-bond acceptors (Lipinski definition) is 4. The SMILES string of the molecule is Cc1nc(/C=C/C(=O)N2CCC(Nc3ccccc3)C2)cs1. The lowest BCUT2D eigenvalue weighted by Gasteiger charge is -2.16. The molecule has 1 unspecified atom stereocenters. The Balaban J connectivity index is 1.53. The lowest BCUT2D eigenvalue weighted by molar-refractivity contribution is -0.124. The summed E-state index contributed by atoms with van der Waals surface area (Å²) in [6, 6.07) is 10.4. The molecule has 0 radical (unpaired) electrons. The van der Waals surface area contributed by atoms with Gasteiger partial charge < -0.3 is 10.2 Å². The normalized spacial score (nSPS) is 18.0. The molecule has 1 aromatic heterocycles. The summed E-state index contributed by atoms with van der Waals surface area (Å²) in [7, 11) is 0. The van der Waals surface area contributed by atoms with Crippen LogP contribution in [0.15, 0.2) is 41.8 Å². The van der Waals surface area contributed by atoms with Gasteiger partial charge in [0.05, 0.1) is 10.7 Å². The van der Waals surface area contributed by atoms with Crippen molar-refractivity contribution < 1.29 is 4.79 Å². The highest BCUT2D eigenvalue weighted by Gasteiger charge is 2.24. The van der Waals surface area contributed by atoms with Crippen molar-refractivity contribution in [2.24, 2.45) is 0 Å². The van der Waals surface area contributed by atoms with E-state index in [0.717, 1.165) is 35.9 Å². The van der Waals surface area contributed by atoms with Gasteiger partial charge >= 0.3 is 0 Å². The second kappa shape index (κ2) is 6.75. The van der Waals surface area contributed by atoms with Gasteiger partial charge in [-0.25, -0.2) is 4.98 Å². The van der Waals surface area contributed by atoms with Gasteiger partial charge in [-0.2, -0.15) is 0 Å². The van der Waals surface area contributed by atoms with Crippen LogP contribution in [0.4, 0.5) is 5.69 Å². The molecule has 1 aliphatic heterocycles. The Kier molecular flexibility index (Phi) is 4.53. The fraction of sp³-hybridized carbons (Fsp3) is 0.294. The molecule has 1 N–H and O–H groups in total. The summed E-state index contributed by atoms with van der Waals surface area (Å²) in [6.07, 6.45) is 4.40. The number of likely N-dealkylation sites (tertiary alicyclic amines) is 1. The molecule has 114 valence electrons. The monoisotopic (exact) mass is 313 g/mol. The molecule has 2 aromatic rings. The molecule has 4 nitrogen and oxygen atoms in total. The predicted molar refractivity (Wildman–Crippen MR) is 90.9 cm³/mol. The Labute approximate surface area is 134 Å². The molecule has 3 rings (SSSR count). The van der Waals surface area contributed by atoms with Gasteiger partial charge in [0.2, 0.25) is 5.91 Å². The van der Waals surface area contributed by atoms with Crippen LogP contribution >= 0.6 is 11.3 Å². The zero-order valence-corrected chi connectivity index (χ0v) is 13.3. The average molecular weight is 313 g/mol. The van der Waals surface area contributed by atoms with Crippen molar-refractivity contribution in [2.75, 3.05) is 18.4 Å². The van der Waals surface area contributed by atoms with Crippen molar-refractivity contribution in [1.82, 2.24) is 9.88 Å². The van der Waals surface area contributed by atoms with Gasteiger partial charge in [0.25, 0.3) is 0 Å². The van der Waals surface area contributed by atoms with Crippen LogP contribution in [0, 0.1) is 6.92 Å². The van der Waals surface area contributed by atoms with Gasteiger partial charge in [-0.3, -0.25) is 4.79 Å². The van der Waals surface area contributed by atoms with E-state index in [-0.39, 0.29) is 5.91 Å². The van der Waals surface area contributed by atoms with Gasteiger partial charge in [0, 0.05) is 36.3 Å². The van der Waals surface area contributed by atoms with Crippen molar-refractivity contribution in [1.29, 1.82) is 0 Å². The number of carbonyl (C=O) groups excluding carboxylic acids is 1. The standard InChI is InChI=1S/C17H19N3OS/c1-13-18-16(12-22-13)7-8-17(21)20-10-9-15(11-20)19-14-5-3-2-4-6-14/h2-8,12,15,19H,9-11H2,1H3/b8-7+. The smallest absolute Gasteiger partial charge is 0.246 e. The zero-order chi connectivity index (χ0) is 15.4. The van der Waals surface area contributed by atoms with E-state index in [1.165, 1.54) is 0 Å². The summed E-state index contributed by atoms with van der Waals surface area (Å²) in [6.45, 7) is 3.50. The first kappa shape index (κ1) is 14.8. The maximum atomic E-state index is 12.2. The van der Waals surface area contributed by atoms with E-state index in [4.69, 9.17) is 0 Å². The number of anilines is 1. The maximum absolute atomic E-state index is 12.2. The van der Waals surface area contributed by atoms with E-state index in [9.17, 15) is 4.79 Å². The van der Waals surface area contributed by atoms with Crippen LogP contribution in [0.5, 0.6) is 0 Å². The van der Waals surface area contributed by atoms with Crippen molar-refractivity contribution in [3.8, 4) is 0 Å². The minimum atomic E-state index is 0.0583. The van der Waals surface area contributed by atoms with Crippen LogP contribution in [0.25, 0.3) is 6.08 Å². The topological polar surface area (TPSA) is 45.2 Å². The highest BCUT2D eigenvalue weighted by molar-refractivity contribution is 7.09. The van der Waals surface area contributed by atoms with E-state index < -0.39 is 0 Å². The molecule has 0 bridgehead atoms. The number of rotatable bonds is 4. The van der Waals surface area contributed by atoms with Crippen molar-refractivity contribution in [2.45, 2.75) is 19.4 Å². The molecule has 0 aliphatic carbocycles. The molecular weight excluding hydrogens is 294 g/mol. The highest BCUT2D eigenvalue weighted by atomic mass is 32.1. The number of benzene rings is 1. The number of nitrogens with zero attached hydrogens (tertiary/aromatic N) is 2. The molecule has 2 heterocycles. The molecular formula is C17H19N3OS. The minimum absolute atomic E-state index is 0.0583. The van der Waals surface area contributed by atoms with E-state index in [2.05, 4.69) is 22.4 Å². The van der Waals surface area contributed by atoms with Crippen LogP contribution in [-0.2, 0) is 4.79 Å². The number of aromatic nitrogens is 1. The number of thiazole rings is 1. The van der Waals surface area contributed by atoms with Crippen LogP contribution in [0.3, 0.4) is 0 Å². The Morgan fingerprint density at radius 3 is 2.95 bits per heavy atom. The first-order valence-electron chi connectivity index (χ1n) is 7.41. The predicted octanol–water partition coefficient (Wildman–Crippen LogP) is 3.18. The summed E-state index contributed by atoms with van der Waals surface area (Å²) in [5.41, 5.74) is 1.96. The lowest BCUT2D eigenvalue weighted by Crippen LogP contribution is -2.30. The average Bonchev–Trinajstić information content (AvgIpc) is 3.15. The number of aryl methyl sites for hydroxylation is 1. The highest BCUT2D eigenvalue weighted by Crippen LogP contribution is 2.16.